The normalized spacial score (nSPS) is 17.1. The largest absolute Gasteiger partial charge is 0.409 e. The van der Waals surface area contributed by atoms with Gasteiger partial charge in [0.15, 0.2) is 17.5 Å². The van der Waals surface area contributed by atoms with Crippen molar-refractivity contribution < 1.29 is 14.0 Å². The van der Waals surface area contributed by atoms with Crippen molar-refractivity contribution in [3.63, 3.8) is 0 Å². The Hall–Kier alpha value is -1.69. The Morgan fingerprint density at radius 2 is 2.00 bits per heavy atom. The van der Waals surface area contributed by atoms with E-state index in [2.05, 4.69) is 10.1 Å². The minimum atomic E-state index is -0.849. The SMILES string of the molecule is N/C(CN(Cc1ccc(F)c(F)c1)C1CCCC1)=N/O. The predicted molar refractivity (Wildman–Crippen MR) is 72.4 cm³/mol. The number of hydrogen-bond donors (Lipinski definition) is 2. The Morgan fingerprint density at radius 1 is 1.30 bits per heavy atom. The van der Waals surface area contributed by atoms with E-state index >= 15 is 0 Å². The van der Waals surface area contributed by atoms with E-state index in [4.69, 9.17) is 10.9 Å². The van der Waals surface area contributed by atoms with Gasteiger partial charge < -0.3 is 10.9 Å². The van der Waals surface area contributed by atoms with E-state index in [0.717, 1.165) is 31.7 Å². The zero-order valence-corrected chi connectivity index (χ0v) is 11.2. The molecule has 1 fully saturated rings. The van der Waals surface area contributed by atoms with Gasteiger partial charge in [0.2, 0.25) is 0 Å². The van der Waals surface area contributed by atoms with Crippen molar-refractivity contribution >= 4 is 5.84 Å². The Morgan fingerprint density at radius 3 is 2.60 bits per heavy atom. The zero-order chi connectivity index (χ0) is 14.5. The number of oxime groups is 1. The molecule has 0 aliphatic heterocycles. The van der Waals surface area contributed by atoms with E-state index in [1.54, 1.807) is 6.07 Å². The van der Waals surface area contributed by atoms with E-state index in [1.807, 2.05) is 0 Å². The molecule has 4 nitrogen and oxygen atoms in total. The van der Waals surface area contributed by atoms with Gasteiger partial charge in [0.25, 0.3) is 0 Å². The van der Waals surface area contributed by atoms with E-state index in [-0.39, 0.29) is 5.84 Å². The molecule has 1 aromatic carbocycles. The van der Waals surface area contributed by atoms with Gasteiger partial charge in [-0.15, -0.1) is 0 Å². The van der Waals surface area contributed by atoms with Crippen molar-refractivity contribution in [1.82, 2.24) is 4.90 Å². The highest BCUT2D eigenvalue weighted by atomic mass is 19.2. The zero-order valence-electron chi connectivity index (χ0n) is 11.2. The van der Waals surface area contributed by atoms with Crippen LogP contribution in [-0.4, -0.2) is 28.5 Å². The monoisotopic (exact) mass is 283 g/mol. The summed E-state index contributed by atoms with van der Waals surface area (Å²) in [5.41, 5.74) is 6.26. The minimum Gasteiger partial charge on any atom is -0.409 e. The molecule has 6 heteroatoms. The molecule has 1 aromatic rings. The van der Waals surface area contributed by atoms with Crippen molar-refractivity contribution in [3.05, 3.63) is 35.4 Å². The summed E-state index contributed by atoms with van der Waals surface area (Å²) < 4.78 is 26.2. The minimum absolute atomic E-state index is 0.125. The van der Waals surface area contributed by atoms with E-state index in [0.29, 0.717) is 24.7 Å². The van der Waals surface area contributed by atoms with Gasteiger partial charge in [-0.3, -0.25) is 4.90 Å². The van der Waals surface area contributed by atoms with Crippen molar-refractivity contribution in [2.24, 2.45) is 10.9 Å². The summed E-state index contributed by atoms with van der Waals surface area (Å²) >= 11 is 0. The maximum Gasteiger partial charge on any atom is 0.159 e. The standard InChI is InChI=1S/C14H19F2N3O/c15-12-6-5-10(7-13(12)16)8-19(9-14(17)18-20)11-3-1-2-4-11/h5-7,11,20H,1-4,8-9H2,(H2,17,18). The Bertz CT molecular complexity index is 487. The summed E-state index contributed by atoms with van der Waals surface area (Å²) in [6.45, 7) is 0.776. The van der Waals surface area contributed by atoms with Crippen LogP contribution in [0.25, 0.3) is 0 Å². The fourth-order valence-electron chi connectivity index (χ4n) is 2.70. The fourth-order valence-corrected chi connectivity index (χ4v) is 2.70. The van der Waals surface area contributed by atoms with Crippen LogP contribution >= 0.6 is 0 Å². The lowest BCUT2D eigenvalue weighted by molar-refractivity contribution is 0.213. The molecule has 1 saturated carbocycles. The van der Waals surface area contributed by atoms with E-state index < -0.39 is 11.6 Å². The summed E-state index contributed by atoms with van der Waals surface area (Å²) in [5.74, 6) is -1.57. The first-order valence-electron chi connectivity index (χ1n) is 6.74. The van der Waals surface area contributed by atoms with Crippen molar-refractivity contribution in [2.45, 2.75) is 38.3 Å². The van der Waals surface area contributed by atoms with Crippen molar-refractivity contribution in [2.75, 3.05) is 6.54 Å². The molecule has 0 unspecified atom stereocenters. The topological polar surface area (TPSA) is 61.8 Å². The second-order valence-electron chi connectivity index (χ2n) is 5.18. The number of hydrogen-bond acceptors (Lipinski definition) is 3. The highest BCUT2D eigenvalue weighted by molar-refractivity contribution is 5.81. The van der Waals surface area contributed by atoms with E-state index in [9.17, 15) is 8.78 Å². The van der Waals surface area contributed by atoms with Crippen molar-refractivity contribution in [3.8, 4) is 0 Å². The van der Waals surface area contributed by atoms with Gasteiger partial charge in [-0.25, -0.2) is 8.78 Å². The highest BCUT2D eigenvalue weighted by Gasteiger charge is 2.23. The number of amidine groups is 1. The van der Waals surface area contributed by atoms with Crippen LogP contribution < -0.4 is 5.73 Å². The molecule has 0 spiro atoms. The maximum absolute atomic E-state index is 13.3. The first-order chi connectivity index (χ1) is 9.60. The van der Waals surface area contributed by atoms with Crippen LogP contribution in [0.5, 0.6) is 0 Å². The second kappa shape index (κ2) is 6.65. The molecule has 0 bridgehead atoms. The van der Waals surface area contributed by atoms with Gasteiger partial charge in [0.05, 0.1) is 6.54 Å². The molecular formula is C14H19F2N3O. The number of nitrogens with zero attached hydrogens (tertiary/aromatic N) is 2. The van der Waals surface area contributed by atoms with Gasteiger partial charge in [-0.05, 0) is 30.5 Å². The Balaban J connectivity index is 2.11. The van der Waals surface area contributed by atoms with Crippen LogP contribution in [0.2, 0.25) is 0 Å². The molecule has 0 amide bonds. The summed E-state index contributed by atoms with van der Waals surface area (Å²) in [6.07, 6.45) is 4.38. The molecule has 2 rings (SSSR count). The molecular weight excluding hydrogens is 264 g/mol. The molecule has 0 atom stereocenters. The highest BCUT2D eigenvalue weighted by Crippen LogP contribution is 2.25. The third kappa shape index (κ3) is 3.66. The Labute approximate surface area is 116 Å². The lowest BCUT2D eigenvalue weighted by Crippen LogP contribution is -2.39. The maximum atomic E-state index is 13.3. The van der Waals surface area contributed by atoms with Gasteiger partial charge in [0, 0.05) is 12.6 Å². The summed E-state index contributed by atoms with van der Waals surface area (Å²) in [6, 6.07) is 4.22. The number of halogens is 2. The van der Waals surface area contributed by atoms with Crippen LogP contribution in [0.1, 0.15) is 31.2 Å². The first-order valence-corrected chi connectivity index (χ1v) is 6.74. The number of rotatable bonds is 5. The fraction of sp³-hybridized carbons (Fsp3) is 0.500. The summed E-state index contributed by atoms with van der Waals surface area (Å²) in [7, 11) is 0. The average Bonchev–Trinajstić information content (AvgIpc) is 2.96. The quantitative estimate of drug-likeness (QED) is 0.378. The van der Waals surface area contributed by atoms with Gasteiger partial charge in [-0.2, -0.15) is 0 Å². The molecule has 3 N–H and O–H groups in total. The predicted octanol–water partition coefficient (Wildman–Crippen LogP) is 2.46. The summed E-state index contributed by atoms with van der Waals surface area (Å²) in [4.78, 5) is 2.05. The van der Waals surface area contributed by atoms with Crippen LogP contribution in [0.4, 0.5) is 8.78 Å². The molecule has 110 valence electrons. The lowest BCUT2D eigenvalue weighted by atomic mass is 10.1. The lowest BCUT2D eigenvalue weighted by Gasteiger charge is -2.28. The first kappa shape index (κ1) is 14.7. The van der Waals surface area contributed by atoms with Gasteiger partial charge in [0.1, 0.15) is 0 Å². The van der Waals surface area contributed by atoms with Gasteiger partial charge >= 0.3 is 0 Å². The van der Waals surface area contributed by atoms with Crippen molar-refractivity contribution in [1.29, 1.82) is 0 Å². The van der Waals surface area contributed by atoms with Crippen LogP contribution in [0, 0.1) is 11.6 Å². The molecule has 1 aliphatic rings. The van der Waals surface area contributed by atoms with E-state index in [1.165, 1.54) is 6.07 Å². The third-order valence-corrected chi connectivity index (χ3v) is 3.70. The smallest absolute Gasteiger partial charge is 0.159 e. The number of nitrogens with two attached hydrogens (primary N) is 1. The Kier molecular flexibility index (Phi) is 4.89. The molecule has 20 heavy (non-hydrogen) atoms. The molecule has 1 aliphatic carbocycles. The summed E-state index contributed by atoms with van der Waals surface area (Å²) in [5, 5.41) is 11.7. The molecule has 0 heterocycles. The average molecular weight is 283 g/mol. The van der Waals surface area contributed by atoms with Crippen LogP contribution in [0.15, 0.2) is 23.4 Å². The number of benzene rings is 1. The van der Waals surface area contributed by atoms with Crippen LogP contribution in [-0.2, 0) is 6.54 Å². The van der Waals surface area contributed by atoms with Gasteiger partial charge in [-0.1, -0.05) is 24.1 Å². The molecule has 0 saturated heterocycles. The third-order valence-electron chi connectivity index (χ3n) is 3.70. The van der Waals surface area contributed by atoms with Crippen LogP contribution in [0.3, 0.4) is 0 Å². The second-order valence-corrected chi connectivity index (χ2v) is 5.18. The molecule has 0 aromatic heterocycles. The molecule has 0 radical (unpaired) electrons.